The molecular formula is C26H37N3O3S. The first-order valence-corrected chi connectivity index (χ1v) is 13.0. The monoisotopic (exact) mass is 471 g/mol. The average molecular weight is 472 g/mol. The van der Waals surface area contributed by atoms with Gasteiger partial charge in [0.2, 0.25) is 0 Å². The number of nitrogens with one attached hydrogen (secondary N) is 2. The Morgan fingerprint density at radius 2 is 1.94 bits per heavy atom. The van der Waals surface area contributed by atoms with E-state index in [1.54, 1.807) is 11.3 Å². The topological polar surface area (TPSA) is 74.4 Å². The number of amides is 1. The molecule has 2 aromatic heterocycles. The summed E-state index contributed by atoms with van der Waals surface area (Å²) in [6.07, 6.45) is 5.43. The Morgan fingerprint density at radius 1 is 1.24 bits per heavy atom. The van der Waals surface area contributed by atoms with Gasteiger partial charge in [0.1, 0.15) is 0 Å². The van der Waals surface area contributed by atoms with Gasteiger partial charge in [0.05, 0.1) is 11.7 Å². The number of hydrogen-bond donors (Lipinski definition) is 2. The maximum absolute atomic E-state index is 12.9. The predicted octanol–water partition coefficient (Wildman–Crippen LogP) is 4.28. The summed E-state index contributed by atoms with van der Waals surface area (Å²) in [6.45, 7) is 10.6. The molecule has 2 aromatic rings. The van der Waals surface area contributed by atoms with Gasteiger partial charge in [0, 0.05) is 54.3 Å². The average Bonchev–Trinajstić information content (AvgIpc) is 3.13. The van der Waals surface area contributed by atoms with Gasteiger partial charge in [-0.2, -0.15) is 0 Å². The molecule has 0 spiro atoms. The van der Waals surface area contributed by atoms with Crippen LogP contribution in [0, 0.1) is 26.7 Å². The van der Waals surface area contributed by atoms with Crippen LogP contribution in [-0.2, 0) is 11.3 Å². The summed E-state index contributed by atoms with van der Waals surface area (Å²) in [5, 5.41) is 4.95. The summed E-state index contributed by atoms with van der Waals surface area (Å²) in [5.74, 6) is 1.03. The first kappa shape index (κ1) is 24.2. The molecule has 1 atom stereocenters. The van der Waals surface area contributed by atoms with Crippen molar-refractivity contribution < 1.29 is 9.53 Å². The highest BCUT2D eigenvalue weighted by Crippen LogP contribution is 2.41. The third-order valence-corrected chi connectivity index (χ3v) is 9.12. The van der Waals surface area contributed by atoms with E-state index in [4.69, 9.17) is 4.74 Å². The van der Waals surface area contributed by atoms with Gasteiger partial charge in [0.15, 0.2) is 0 Å². The standard InChI is InChI=1S/C26H37N3O3S/c1-15-10-16(2)28-26(31)22(15)11-27-25(30)23-14-33-24(18(23)4)17(3)19-6-8-20(9-7-19)29-12-21(13-29)32-5/h10,14,17,19-21H,6-9,11-13H2,1-5H3,(H,27,30)(H,28,31)/t17?,19-,20-. The highest BCUT2D eigenvalue weighted by atomic mass is 32.1. The van der Waals surface area contributed by atoms with Gasteiger partial charge in [-0.05, 0) is 75.5 Å². The van der Waals surface area contributed by atoms with E-state index >= 15 is 0 Å². The summed E-state index contributed by atoms with van der Waals surface area (Å²) < 4.78 is 5.43. The van der Waals surface area contributed by atoms with Crippen LogP contribution in [0.25, 0.3) is 0 Å². The zero-order chi connectivity index (χ0) is 23.7. The van der Waals surface area contributed by atoms with Crippen molar-refractivity contribution >= 4 is 17.2 Å². The Bertz CT molecular complexity index is 1050. The Labute approximate surface area is 200 Å². The number of hydrogen-bond acceptors (Lipinski definition) is 5. The molecule has 1 aliphatic heterocycles. The number of aromatic nitrogens is 1. The number of ether oxygens (including phenoxy) is 1. The number of likely N-dealkylation sites (tertiary alicyclic amines) is 1. The maximum atomic E-state index is 12.9. The molecular weight excluding hydrogens is 434 g/mol. The van der Waals surface area contributed by atoms with Crippen molar-refractivity contribution in [1.29, 1.82) is 0 Å². The minimum atomic E-state index is -0.129. The molecule has 180 valence electrons. The molecule has 33 heavy (non-hydrogen) atoms. The van der Waals surface area contributed by atoms with Crippen molar-refractivity contribution in [2.24, 2.45) is 5.92 Å². The molecule has 0 radical (unpaired) electrons. The molecule has 2 fully saturated rings. The Balaban J connectivity index is 1.34. The van der Waals surface area contributed by atoms with E-state index in [2.05, 4.69) is 29.0 Å². The largest absolute Gasteiger partial charge is 0.379 e. The Hall–Kier alpha value is -1.96. The fraction of sp³-hybridized carbons (Fsp3) is 0.615. The van der Waals surface area contributed by atoms with Gasteiger partial charge in [-0.15, -0.1) is 11.3 Å². The van der Waals surface area contributed by atoms with Crippen molar-refractivity contribution in [2.45, 2.75) is 78.0 Å². The van der Waals surface area contributed by atoms with E-state index in [0.717, 1.165) is 35.5 Å². The molecule has 3 heterocycles. The molecule has 1 saturated heterocycles. The molecule has 1 aliphatic carbocycles. The number of H-pyrrole nitrogens is 1. The molecule has 2 aliphatic rings. The molecule has 6 nitrogen and oxygen atoms in total. The van der Waals surface area contributed by atoms with Crippen molar-refractivity contribution in [3.63, 3.8) is 0 Å². The Kier molecular flexibility index (Phi) is 7.41. The van der Waals surface area contributed by atoms with Gasteiger partial charge in [0.25, 0.3) is 11.5 Å². The van der Waals surface area contributed by atoms with E-state index in [1.165, 1.54) is 30.6 Å². The first-order valence-electron chi connectivity index (χ1n) is 12.1. The van der Waals surface area contributed by atoms with Gasteiger partial charge in [-0.3, -0.25) is 14.5 Å². The number of carbonyl (C=O) groups is 1. The number of aromatic amines is 1. The number of pyridine rings is 1. The van der Waals surface area contributed by atoms with Crippen molar-refractivity contribution in [3.05, 3.63) is 54.6 Å². The van der Waals surface area contributed by atoms with Crippen molar-refractivity contribution in [2.75, 3.05) is 20.2 Å². The van der Waals surface area contributed by atoms with Gasteiger partial charge in [-0.25, -0.2) is 0 Å². The van der Waals surface area contributed by atoms with Crippen LogP contribution >= 0.6 is 11.3 Å². The number of rotatable bonds is 7. The van der Waals surface area contributed by atoms with E-state index in [1.807, 2.05) is 32.4 Å². The van der Waals surface area contributed by atoms with E-state index in [-0.39, 0.29) is 18.0 Å². The van der Waals surface area contributed by atoms with Crippen molar-refractivity contribution in [3.8, 4) is 0 Å². The second kappa shape index (κ2) is 10.1. The lowest BCUT2D eigenvalue weighted by atomic mass is 9.77. The highest BCUT2D eigenvalue weighted by molar-refractivity contribution is 7.10. The fourth-order valence-electron chi connectivity index (χ4n) is 5.57. The predicted molar refractivity (Wildman–Crippen MR) is 133 cm³/mol. The lowest BCUT2D eigenvalue weighted by Crippen LogP contribution is -2.56. The molecule has 0 bridgehead atoms. The minimum absolute atomic E-state index is 0.101. The van der Waals surface area contributed by atoms with Crippen LogP contribution in [0.3, 0.4) is 0 Å². The van der Waals surface area contributed by atoms with Gasteiger partial charge < -0.3 is 15.0 Å². The van der Waals surface area contributed by atoms with Crippen LogP contribution < -0.4 is 10.9 Å². The maximum Gasteiger partial charge on any atom is 0.253 e. The third-order valence-electron chi connectivity index (χ3n) is 7.83. The molecule has 1 amide bonds. The fourth-order valence-corrected chi connectivity index (χ4v) is 6.79. The number of nitrogens with zero attached hydrogens (tertiary/aromatic N) is 1. The second-order valence-electron chi connectivity index (χ2n) is 9.93. The SMILES string of the molecule is COC1CN([C@H]2CC[C@H](C(C)c3scc(C(=O)NCc4c(C)cc(C)[nH]c4=O)c3C)CC2)C1. The molecule has 1 saturated carbocycles. The smallest absolute Gasteiger partial charge is 0.253 e. The summed E-state index contributed by atoms with van der Waals surface area (Å²) >= 11 is 1.71. The van der Waals surface area contributed by atoms with Crippen LogP contribution in [0.1, 0.15) is 76.1 Å². The van der Waals surface area contributed by atoms with Crippen LogP contribution in [0.4, 0.5) is 0 Å². The lowest BCUT2D eigenvalue weighted by molar-refractivity contribution is -0.0600. The minimum Gasteiger partial charge on any atom is -0.379 e. The lowest BCUT2D eigenvalue weighted by Gasteiger charge is -2.46. The molecule has 1 unspecified atom stereocenters. The number of methoxy groups -OCH3 is 1. The second-order valence-corrected chi connectivity index (χ2v) is 10.8. The van der Waals surface area contributed by atoms with Crippen LogP contribution in [0.2, 0.25) is 0 Å². The quantitative estimate of drug-likeness (QED) is 0.632. The number of carbonyl (C=O) groups excluding carboxylic acids is 1. The van der Waals surface area contributed by atoms with Gasteiger partial charge >= 0.3 is 0 Å². The number of aryl methyl sites for hydroxylation is 2. The summed E-state index contributed by atoms with van der Waals surface area (Å²) in [7, 11) is 1.81. The van der Waals surface area contributed by atoms with E-state index in [9.17, 15) is 9.59 Å². The zero-order valence-corrected chi connectivity index (χ0v) is 21.3. The first-order chi connectivity index (χ1) is 15.8. The molecule has 7 heteroatoms. The highest BCUT2D eigenvalue weighted by Gasteiger charge is 2.36. The van der Waals surface area contributed by atoms with Crippen LogP contribution in [0.5, 0.6) is 0 Å². The van der Waals surface area contributed by atoms with Crippen molar-refractivity contribution in [1.82, 2.24) is 15.2 Å². The van der Waals surface area contributed by atoms with Crippen LogP contribution in [0.15, 0.2) is 16.2 Å². The summed E-state index contributed by atoms with van der Waals surface area (Å²) in [5.41, 5.74) is 4.05. The summed E-state index contributed by atoms with van der Waals surface area (Å²) in [4.78, 5) is 31.9. The summed E-state index contributed by atoms with van der Waals surface area (Å²) in [6, 6.07) is 2.64. The van der Waals surface area contributed by atoms with Gasteiger partial charge in [-0.1, -0.05) is 6.92 Å². The van der Waals surface area contributed by atoms with Crippen LogP contribution in [-0.4, -0.2) is 48.1 Å². The zero-order valence-electron chi connectivity index (χ0n) is 20.5. The van der Waals surface area contributed by atoms with E-state index < -0.39 is 0 Å². The molecule has 4 rings (SSSR count). The Morgan fingerprint density at radius 3 is 2.58 bits per heavy atom. The third kappa shape index (κ3) is 5.10. The molecule has 0 aromatic carbocycles. The van der Waals surface area contributed by atoms with E-state index in [0.29, 0.717) is 29.5 Å². The normalized spacial score (nSPS) is 22.7. The number of thiophene rings is 1. The molecule has 2 N–H and O–H groups in total.